The summed E-state index contributed by atoms with van der Waals surface area (Å²) in [7, 11) is -2.86. The molecule has 92 valence electrons. The van der Waals surface area contributed by atoms with Gasteiger partial charge in [0.25, 0.3) is 0 Å². The third-order valence-corrected chi connectivity index (χ3v) is 3.64. The Bertz CT molecular complexity index is 426. The Hall–Kier alpha value is -0.690. The lowest BCUT2D eigenvalue weighted by atomic mass is 10.2. The van der Waals surface area contributed by atoms with Crippen molar-refractivity contribution in [3.63, 3.8) is 0 Å². The quantitative estimate of drug-likeness (QED) is 0.788. The zero-order valence-corrected chi connectivity index (χ0v) is 11.4. The van der Waals surface area contributed by atoms with Gasteiger partial charge < -0.3 is 5.32 Å². The summed E-state index contributed by atoms with van der Waals surface area (Å²) in [5, 5.41) is 3.83. The summed E-state index contributed by atoms with van der Waals surface area (Å²) < 4.78 is 26.0. The van der Waals surface area contributed by atoms with Gasteiger partial charge in [-0.15, -0.1) is 0 Å². The van der Waals surface area contributed by atoms with E-state index in [1.165, 1.54) is 17.8 Å². The highest BCUT2D eigenvalue weighted by Crippen LogP contribution is 2.16. The van der Waals surface area contributed by atoms with Crippen LogP contribution in [0.4, 0.5) is 5.13 Å². The number of anilines is 1. The van der Waals surface area contributed by atoms with Crippen LogP contribution in [0.15, 0.2) is 0 Å². The number of rotatable bonds is 6. The molecule has 0 aliphatic rings. The molecule has 0 aliphatic carbocycles. The third-order valence-electron chi connectivity index (χ3n) is 1.93. The van der Waals surface area contributed by atoms with Crippen LogP contribution in [0.1, 0.15) is 32.0 Å². The highest BCUT2D eigenvalue weighted by Gasteiger charge is 2.07. The van der Waals surface area contributed by atoms with E-state index in [2.05, 4.69) is 14.7 Å². The second-order valence-electron chi connectivity index (χ2n) is 4.02. The molecule has 0 bridgehead atoms. The predicted octanol–water partition coefficient (Wildman–Crippen LogP) is 1.51. The summed E-state index contributed by atoms with van der Waals surface area (Å²) in [6, 6.07) is 0. The first kappa shape index (κ1) is 13.4. The van der Waals surface area contributed by atoms with Gasteiger partial charge in [-0.05, 0) is 6.42 Å². The minimum atomic E-state index is -2.86. The molecular weight excluding hydrogens is 246 g/mol. The summed E-state index contributed by atoms with van der Waals surface area (Å²) in [4.78, 5) is 4.29. The Morgan fingerprint density at radius 1 is 1.44 bits per heavy atom. The number of hydrogen-bond acceptors (Lipinski definition) is 6. The van der Waals surface area contributed by atoms with E-state index < -0.39 is 9.84 Å². The zero-order chi connectivity index (χ0) is 12.2. The second-order valence-corrected chi connectivity index (χ2v) is 7.03. The monoisotopic (exact) mass is 263 g/mol. The molecule has 0 aromatic carbocycles. The fourth-order valence-electron chi connectivity index (χ4n) is 1.07. The molecule has 1 aromatic heterocycles. The Morgan fingerprint density at radius 2 is 2.12 bits per heavy atom. The highest BCUT2D eigenvalue weighted by molar-refractivity contribution is 7.90. The highest BCUT2D eigenvalue weighted by atomic mass is 32.2. The van der Waals surface area contributed by atoms with Gasteiger partial charge in [0, 0.05) is 30.3 Å². The molecule has 0 amide bonds. The van der Waals surface area contributed by atoms with Gasteiger partial charge in [0.15, 0.2) is 0 Å². The summed E-state index contributed by atoms with van der Waals surface area (Å²) in [5.41, 5.74) is 0. The van der Waals surface area contributed by atoms with Gasteiger partial charge >= 0.3 is 0 Å². The van der Waals surface area contributed by atoms with Crippen molar-refractivity contribution in [1.82, 2.24) is 9.36 Å². The van der Waals surface area contributed by atoms with Gasteiger partial charge in [-0.3, -0.25) is 0 Å². The Kier molecular flexibility index (Phi) is 4.67. The summed E-state index contributed by atoms with van der Waals surface area (Å²) in [6.45, 7) is 4.69. The average molecular weight is 263 g/mol. The molecule has 1 N–H and O–H groups in total. The van der Waals surface area contributed by atoms with E-state index >= 15 is 0 Å². The van der Waals surface area contributed by atoms with Crippen LogP contribution in [0, 0.1) is 0 Å². The second kappa shape index (κ2) is 5.58. The molecule has 1 rings (SSSR count). The van der Waals surface area contributed by atoms with Crippen molar-refractivity contribution in [2.24, 2.45) is 0 Å². The largest absolute Gasteiger partial charge is 0.360 e. The van der Waals surface area contributed by atoms with Gasteiger partial charge in [-0.25, -0.2) is 13.4 Å². The van der Waals surface area contributed by atoms with E-state index in [-0.39, 0.29) is 5.75 Å². The van der Waals surface area contributed by atoms with E-state index in [0.29, 0.717) is 18.9 Å². The van der Waals surface area contributed by atoms with E-state index in [1.807, 2.05) is 13.8 Å². The number of nitrogens with one attached hydrogen (secondary N) is 1. The number of hydrogen-bond donors (Lipinski definition) is 1. The lowest BCUT2D eigenvalue weighted by Crippen LogP contribution is -2.09. The van der Waals surface area contributed by atoms with Crippen LogP contribution >= 0.6 is 11.5 Å². The maximum Gasteiger partial charge on any atom is 0.202 e. The van der Waals surface area contributed by atoms with E-state index in [1.54, 1.807) is 0 Å². The zero-order valence-electron chi connectivity index (χ0n) is 9.73. The molecule has 0 saturated heterocycles. The normalized spacial score (nSPS) is 12.0. The molecule has 1 heterocycles. The smallest absolute Gasteiger partial charge is 0.202 e. The molecule has 5 nitrogen and oxygen atoms in total. The van der Waals surface area contributed by atoms with E-state index in [4.69, 9.17) is 0 Å². The first-order chi connectivity index (χ1) is 7.38. The molecule has 0 spiro atoms. The van der Waals surface area contributed by atoms with Gasteiger partial charge in [0.05, 0.1) is 5.75 Å². The molecule has 16 heavy (non-hydrogen) atoms. The number of aromatic nitrogens is 2. The van der Waals surface area contributed by atoms with Gasteiger partial charge in [0.1, 0.15) is 15.7 Å². The van der Waals surface area contributed by atoms with Crippen LogP contribution < -0.4 is 5.32 Å². The Labute approximate surface area is 100 Å². The van der Waals surface area contributed by atoms with Crippen molar-refractivity contribution in [3.05, 3.63) is 5.82 Å². The molecule has 0 saturated carbocycles. The topological polar surface area (TPSA) is 72.0 Å². The lowest BCUT2D eigenvalue weighted by Gasteiger charge is -2.00. The lowest BCUT2D eigenvalue weighted by molar-refractivity contribution is 0.600. The van der Waals surface area contributed by atoms with Crippen molar-refractivity contribution < 1.29 is 8.42 Å². The van der Waals surface area contributed by atoms with E-state index in [9.17, 15) is 8.42 Å². The number of sulfone groups is 1. The van der Waals surface area contributed by atoms with Crippen LogP contribution in [0.3, 0.4) is 0 Å². The molecule has 0 fully saturated rings. The molecule has 0 radical (unpaired) electrons. The van der Waals surface area contributed by atoms with Crippen molar-refractivity contribution in [1.29, 1.82) is 0 Å². The van der Waals surface area contributed by atoms with Crippen LogP contribution in [-0.4, -0.2) is 36.3 Å². The molecular formula is C9H17N3O2S2. The van der Waals surface area contributed by atoms with Crippen molar-refractivity contribution in [2.75, 3.05) is 23.9 Å². The van der Waals surface area contributed by atoms with Crippen molar-refractivity contribution in [3.8, 4) is 0 Å². The summed E-state index contributed by atoms with van der Waals surface area (Å²) in [6.07, 6.45) is 1.84. The van der Waals surface area contributed by atoms with Gasteiger partial charge in [-0.2, -0.15) is 4.37 Å². The molecule has 7 heteroatoms. The third kappa shape index (κ3) is 4.89. The molecule has 0 unspecified atom stereocenters. The fourth-order valence-corrected chi connectivity index (χ4v) is 2.47. The Morgan fingerprint density at radius 3 is 2.62 bits per heavy atom. The van der Waals surface area contributed by atoms with Crippen LogP contribution in [0.5, 0.6) is 0 Å². The van der Waals surface area contributed by atoms with Crippen LogP contribution in [0.2, 0.25) is 0 Å². The molecule has 1 aromatic rings. The van der Waals surface area contributed by atoms with Crippen LogP contribution in [-0.2, 0) is 9.84 Å². The average Bonchev–Trinajstić information content (AvgIpc) is 2.59. The van der Waals surface area contributed by atoms with E-state index in [0.717, 1.165) is 11.0 Å². The standard InChI is InChI=1S/C9H17N3O2S2/c1-7(2)8-11-9(15-12-8)10-5-4-6-16(3,13)14/h7H,4-6H2,1-3H3,(H,10,11,12). The minimum Gasteiger partial charge on any atom is -0.360 e. The van der Waals surface area contributed by atoms with Gasteiger partial charge in [0.2, 0.25) is 5.13 Å². The first-order valence-electron chi connectivity index (χ1n) is 5.13. The van der Waals surface area contributed by atoms with Crippen molar-refractivity contribution >= 4 is 26.5 Å². The summed E-state index contributed by atoms with van der Waals surface area (Å²) in [5.74, 6) is 1.36. The Balaban J connectivity index is 2.32. The van der Waals surface area contributed by atoms with Crippen molar-refractivity contribution in [2.45, 2.75) is 26.2 Å². The molecule has 0 aliphatic heterocycles. The van der Waals surface area contributed by atoms with Crippen LogP contribution in [0.25, 0.3) is 0 Å². The number of nitrogens with zero attached hydrogens (tertiary/aromatic N) is 2. The SMILES string of the molecule is CC(C)c1nsc(NCCCS(C)(=O)=O)n1. The predicted molar refractivity (Wildman–Crippen MR) is 66.8 cm³/mol. The maximum absolute atomic E-state index is 10.9. The fraction of sp³-hybridized carbons (Fsp3) is 0.778. The maximum atomic E-state index is 10.9. The summed E-state index contributed by atoms with van der Waals surface area (Å²) >= 11 is 1.31. The van der Waals surface area contributed by atoms with Gasteiger partial charge in [-0.1, -0.05) is 13.8 Å². The molecule has 0 atom stereocenters. The minimum absolute atomic E-state index is 0.204. The first-order valence-corrected chi connectivity index (χ1v) is 7.97.